The zero-order chi connectivity index (χ0) is 18.4. The molecule has 7 nitrogen and oxygen atoms in total. The molecule has 1 N–H and O–H groups in total. The summed E-state index contributed by atoms with van der Waals surface area (Å²) >= 11 is 0. The first-order valence-electron chi connectivity index (χ1n) is 8.85. The molecule has 1 amide bonds. The molecule has 3 aromatic heterocycles. The second-order valence-corrected chi connectivity index (χ2v) is 6.80. The standard InChI is InChI=1S/C20H18N6O/c1-25-12-24-18-14(7-8-21-19(18)25)20(27)26-9-15(13-5-3-2-4-6-13)17-16(10-26)22-11-23-17/h2-8,11-12,15H,9-10H2,1H3,(H,22,23). The van der Waals surface area contributed by atoms with Crippen LogP contribution in [0, 0.1) is 0 Å². The van der Waals surface area contributed by atoms with Crippen molar-refractivity contribution in [3.05, 3.63) is 77.8 Å². The number of fused-ring (bicyclic) bond motifs is 2. The third-order valence-corrected chi connectivity index (χ3v) is 5.15. The Labute approximate surface area is 155 Å². The predicted octanol–water partition coefficient (Wildman–Crippen LogP) is 2.48. The van der Waals surface area contributed by atoms with Gasteiger partial charge in [-0.15, -0.1) is 0 Å². The molecule has 5 rings (SSSR count). The molecule has 7 heteroatoms. The van der Waals surface area contributed by atoms with Gasteiger partial charge in [-0.2, -0.15) is 0 Å². The smallest absolute Gasteiger partial charge is 0.256 e. The van der Waals surface area contributed by atoms with Crippen LogP contribution in [0.25, 0.3) is 11.2 Å². The molecule has 0 saturated carbocycles. The predicted molar refractivity (Wildman–Crippen MR) is 100 cm³/mol. The van der Waals surface area contributed by atoms with Crippen LogP contribution in [-0.4, -0.2) is 41.9 Å². The zero-order valence-corrected chi connectivity index (χ0v) is 14.8. The van der Waals surface area contributed by atoms with Crippen molar-refractivity contribution in [1.29, 1.82) is 0 Å². The average molecular weight is 358 g/mol. The highest BCUT2D eigenvalue weighted by Crippen LogP contribution is 2.32. The number of aromatic nitrogens is 5. The number of pyridine rings is 1. The quantitative estimate of drug-likeness (QED) is 0.597. The number of hydrogen-bond acceptors (Lipinski definition) is 4. The lowest BCUT2D eigenvalue weighted by Crippen LogP contribution is -2.38. The van der Waals surface area contributed by atoms with E-state index in [2.05, 4.69) is 32.1 Å². The first-order valence-corrected chi connectivity index (χ1v) is 8.85. The summed E-state index contributed by atoms with van der Waals surface area (Å²) in [7, 11) is 1.87. The second kappa shape index (κ2) is 6.05. The van der Waals surface area contributed by atoms with Gasteiger partial charge in [0.15, 0.2) is 5.65 Å². The van der Waals surface area contributed by atoms with E-state index in [4.69, 9.17) is 0 Å². The van der Waals surface area contributed by atoms with Gasteiger partial charge in [-0.25, -0.2) is 15.0 Å². The highest BCUT2D eigenvalue weighted by atomic mass is 16.2. The van der Waals surface area contributed by atoms with Gasteiger partial charge < -0.3 is 14.5 Å². The van der Waals surface area contributed by atoms with Gasteiger partial charge in [0.05, 0.1) is 36.2 Å². The van der Waals surface area contributed by atoms with Crippen molar-refractivity contribution in [2.75, 3.05) is 6.54 Å². The number of amides is 1. The van der Waals surface area contributed by atoms with Gasteiger partial charge in [-0.1, -0.05) is 30.3 Å². The second-order valence-electron chi connectivity index (χ2n) is 6.80. The molecule has 27 heavy (non-hydrogen) atoms. The highest BCUT2D eigenvalue weighted by Gasteiger charge is 2.32. The summed E-state index contributed by atoms with van der Waals surface area (Å²) in [6, 6.07) is 11.9. The largest absolute Gasteiger partial charge is 0.347 e. The molecule has 1 aliphatic rings. The molecule has 1 atom stereocenters. The van der Waals surface area contributed by atoms with Gasteiger partial charge in [0, 0.05) is 25.7 Å². The van der Waals surface area contributed by atoms with Crippen LogP contribution in [0.3, 0.4) is 0 Å². The molecule has 0 spiro atoms. The monoisotopic (exact) mass is 358 g/mol. The van der Waals surface area contributed by atoms with Crippen molar-refractivity contribution in [3.8, 4) is 0 Å². The summed E-state index contributed by atoms with van der Waals surface area (Å²) in [5.74, 6) is 0.00786. The van der Waals surface area contributed by atoms with E-state index < -0.39 is 0 Å². The summed E-state index contributed by atoms with van der Waals surface area (Å²) in [5.41, 5.74) is 5.07. The lowest BCUT2D eigenvalue weighted by molar-refractivity contribution is 0.0723. The molecule has 4 aromatic rings. The van der Waals surface area contributed by atoms with Crippen molar-refractivity contribution in [2.45, 2.75) is 12.5 Å². The molecule has 0 aliphatic carbocycles. The summed E-state index contributed by atoms with van der Waals surface area (Å²) in [4.78, 5) is 31.6. The Morgan fingerprint density at radius 3 is 2.85 bits per heavy atom. The molecular weight excluding hydrogens is 340 g/mol. The van der Waals surface area contributed by atoms with E-state index in [1.54, 1.807) is 24.9 Å². The topological polar surface area (TPSA) is 79.7 Å². The third kappa shape index (κ3) is 2.51. The van der Waals surface area contributed by atoms with Crippen LogP contribution in [0.4, 0.5) is 0 Å². The van der Waals surface area contributed by atoms with Crippen molar-refractivity contribution in [3.63, 3.8) is 0 Å². The van der Waals surface area contributed by atoms with Crippen LogP contribution in [0.1, 0.15) is 33.2 Å². The number of hydrogen-bond donors (Lipinski definition) is 1. The van der Waals surface area contributed by atoms with E-state index in [1.165, 1.54) is 0 Å². The van der Waals surface area contributed by atoms with Gasteiger partial charge in [0.2, 0.25) is 0 Å². The molecule has 134 valence electrons. The van der Waals surface area contributed by atoms with Gasteiger partial charge in [-0.05, 0) is 11.6 Å². The number of imidazole rings is 2. The molecule has 0 fully saturated rings. The molecule has 1 aliphatic heterocycles. The normalized spacial score (nSPS) is 16.5. The SMILES string of the molecule is Cn1cnc2c(C(=O)N3Cc4[nH]cnc4C(c4ccccc4)C3)ccnc21. The maximum Gasteiger partial charge on any atom is 0.256 e. The van der Waals surface area contributed by atoms with Gasteiger partial charge in [0.1, 0.15) is 5.52 Å². The molecule has 0 saturated heterocycles. The third-order valence-electron chi connectivity index (χ3n) is 5.15. The summed E-state index contributed by atoms with van der Waals surface area (Å²) in [6.07, 6.45) is 5.06. The summed E-state index contributed by atoms with van der Waals surface area (Å²) in [6.45, 7) is 1.09. The molecule has 1 unspecified atom stereocenters. The van der Waals surface area contributed by atoms with Gasteiger partial charge in [0.25, 0.3) is 5.91 Å². The number of carbonyl (C=O) groups is 1. The maximum absolute atomic E-state index is 13.3. The van der Waals surface area contributed by atoms with Crippen molar-refractivity contribution in [1.82, 2.24) is 29.4 Å². The maximum atomic E-state index is 13.3. The number of rotatable bonds is 2. The fraction of sp³-hybridized carbons (Fsp3) is 0.200. The molecule has 4 heterocycles. The highest BCUT2D eigenvalue weighted by molar-refractivity contribution is 6.04. The van der Waals surface area contributed by atoms with E-state index in [0.717, 1.165) is 17.0 Å². The Hall–Kier alpha value is -3.48. The number of aromatic amines is 1. The summed E-state index contributed by atoms with van der Waals surface area (Å²) < 4.78 is 1.82. The minimum absolute atomic E-state index is 0.0396. The Kier molecular flexibility index (Phi) is 3.53. The molecule has 0 bridgehead atoms. The zero-order valence-electron chi connectivity index (χ0n) is 14.8. The van der Waals surface area contributed by atoms with Crippen LogP contribution < -0.4 is 0 Å². The molecule has 1 aromatic carbocycles. The fourth-order valence-electron chi connectivity index (χ4n) is 3.79. The van der Waals surface area contributed by atoms with E-state index in [-0.39, 0.29) is 11.8 Å². The minimum atomic E-state index is -0.0396. The number of carbonyl (C=O) groups excluding carboxylic acids is 1. The van der Waals surface area contributed by atoms with Crippen LogP contribution in [0.15, 0.2) is 55.2 Å². The number of aryl methyl sites for hydroxylation is 1. The number of nitrogens with one attached hydrogen (secondary N) is 1. The summed E-state index contributed by atoms with van der Waals surface area (Å²) in [5, 5.41) is 0. The minimum Gasteiger partial charge on any atom is -0.347 e. The van der Waals surface area contributed by atoms with Crippen molar-refractivity contribution >= 4 is 17.1 Å². The Morgan fingerprint density at radius 2 is 2.00 bits per heavy atom. The van der Waals surface area contributed by atoms with Gasteiger partial charge >= 0.3 is 0 Å². The van der Waals surface area contributed by atoms with Crippen molar-refractivity contribution in [2.24, 2.45) is 7.05 Å². The van der Waals surface area contributed by atoms with Crippen LogP contribution in [0.2, 0.25) is 0 Å². The van der Waals surface area contributed by atoms with E-state index in [9.17, 15) is 4.79 Å². The number of H-pyrrole nitrogens is 1. The number of nitrogens with zero attached hydrogens (tertiary/aromatic N) is 5. The average Bonchev–Trinajstić information content (AvgIpc) is 3.34. The molecular formula is C20H18N6O. The Morgan fingerprint density at radius 1 is 1.15 bits per heavy atom. The Balaban J connectivity index is 1.55. The Bertz CT molecular complexity index is 1130. The molecule has 0 radical (unpaired) electrons. The van der Waals surface area contributed by atoms with Crippen LogP contribution >= 0.6 is 0 Å². The van der Waals surface area contributed by atoms with Crippen molar-refractivity contribution < 1.29 is 4.79 Å². The lowest BCUT2D eigenvalue weighted by atomic mass is 9.90. The van der Waals surface area contributed by atoms with Crippen LogP contribution in [0.5, 0.6) is 0 Å². The number of benzene rings is 1. The fourth-order valence-corrected chi connectivity index (χ4v) is 3.79. The lowest BCUT2D eigenvalue weighted by Gasteiger charge is -2.32. The first-order chi connectivity index (χ1) is 13.2. The van der Waals surface area contributed by atoms with E-state index in [0.29, 0.717) is 29.8 Å². The van der Waals surface area contributed by atoms with E-state index in [1.807, 2.05) is 34.7 Å². The van der Waals surface area contributed by atoms with Gasteiger partial charge in [-0.3, -0.25) is 4.79 Å². The van der Waals surface area contributed by atoms with Crippen LogP contribution in [-0.2, 0) is 13.6 Å². The van der Waals surface area contributed by atoms with E-state index >= 15 is 0 Å². The first kappa shape index (κ1) is 15.7.